The fraction of sp³-hybridized carbons (Fsp3) is 0.476. The SMILES string of the molecule is CC(C)(C)OC(=O)NCc1ccc2cc(OCC[N+](C)(C)C)ccc2c1.[I-]. The summed E-state index contributed by atoms with van der Waals surface area (Å²) < 4.78 is 12.0. The van der Waals surface area contributed by atoms with E-state index in [-0.39, 0.29) is 24.0 Å². The summed E-state index contributed by atoms with van der Waals surface area (Å²) in [7, 11) is 6.45. The van der Waals surface area contributed by atoms with Crippen molar-refractivity contribution < 1.29 is 42.7 Å². The highest BCUT2D eigenvalue weighted by Crippen LogP contribution is 2.22. The molecule has 0 unspecified atom stereocenters. The number of halogens is 1. The summed E-state index contributed by atoms with van der Waals surface area (Å²) in [6.07, 6.45) is -0.404. The highest BCUT2D eigenvalue weighted by atomic mass is 127. The fourth-order valence-electron chi connectivity index (χ4n) is 2.40. The van der Waals surface area contributed by atoms with E-state index in [1.54, 1.807) is 0 Å². The molecule has 0 fully saturated rings. The number of amides is 1. The zero-order valence-corrected chi connectivity index (χ0v) is 19.3. The van der Waals surface area contributed by atoms with Gasteiger partial charge in [-0.2, -0.15) is 0 Å². The molecule has 2 aromatic rings. The Balaban J connectivity index is 0.00000364. The molecule has 0 spiro atoms. The molecule has 5 nitrogen and oxygen atoms in total. The van der Waals surface area contributed by atoms with Crippen LogP contribution in [-0.2, 0) is 11.3 Å². The van der Waals surface area contributed by atoms with E-state index in [0.29, 0.717) is 13.2 Å². The minimum atomic E-state index is -0.490. The summed E-state index contributed by atoms with van der Waals surface area (Å²) in [6.45, 7) is 7.63. The molecule has 27 heavy (non-hydrogen) atoms. The van der Waals surface area contributed by atoms with Crippen molar-refractivity contribution in [3.05, 3.63) is 42.0 Å². The first-order valence-electron chi connectivity index (χ1n) is 8.95. The van der Waals surface area contributed by atoms with Crippen LogP contribution in [0.3, 0.4) is 0 Å². The minimum absolute atomic E-state index is 0. The summed E-state index contributed by atoms with van der Waals surface area (Å²) in [5, 5.41) is 5.02. The molecule has 6 heteroatoms. The van der Waals surface area contributed by atoms with Crippen molar-refractivity contribution in [3.63, 3.8) is 0 Å². The zero-order valence-electron chi connectivity index (χ0n) is 17.1. The summed E-state index contributed by atoms with van der Waals surface area (Å²) in [5.41, 5.74) is 0.539. The van der Waals surface area contributed by atoms with Crippen LogP contribution >= 0.6 is 0 Å². The lowest BCUT2D eigenvalue weighted by Crippen LogP contribution is -3.00. The third-order valence-corrected chi connectivity index (χ3v) is 3.74. The average Bonchev–Trinajstić information content (AvgIpc) is 2.50. The second kappa shape index (κ2) is 9.59. The van der Waals surface area contributed by atoms with Gasteiger partial charge in [0.05, 0.1) is 21.1 Å². The Morgan fingerprint density at radius 1 is 1.04 bits per heavy atom. The van der Waals surface area contributed by atoms with Gasteiger partial charge in [-0.25, -0.2) is 4.79 Å². The van der Waals surface area contributed by atoms with E-state index in [9.17, 15) is 4.79 Å². The van der Waals surface area contributed by atoms with Gasteiger partial charge in [-0.1, -0.05) is 18.2 Å². The van der Waals surface area contributed by atoms with Gasteiger partial charge in [0.15, 0.2) is 0 Å². The Morgan fingerprint density at radius 3 is 2.30 bits per heavy atom. The van der Waals surface area contributed by atoms with E-state index >= 15 is 0 Å². The maximum Gasteiger partial charge on any atom is 0.407 e. The van der Waals surface area contributed by atoms with Gasteiger partial charge in [-0.05, 0) is 55.3 Å². The number of ether oxygens (including phenoxy) is 2. The van der Waals surface area contributed by atoms with Crippen molar-refractivity contribution in [2.24, 2.45) is 0 Å². The summed E-state index contributed by atoms with van der Waals surface area (Å²) in [6, 6.07) is 12.2. The zero-order chi connectivity index (χ0) is 19.4. The van der Waals surface area contributed by atoms with Gasteiger partial charge in [0.25, 0.3) is 0 Å². The molecule has 1 N–H and O–H groups in total. The van der Waals surface area contributed by atoms with Crippen LogP contribution in [-0.4, -0.2) is 50.5 Å². The molecule has 0 aliphatic rings. The van der Waals surface area contributed by atoms with E-state index in [0.717, 1.165) is 33.1 Å². The summed E-state index contributed by atoms with van der Waals surface area (Å²) in [5.74, 6) is 0.880. The van der Waals surface area contributed by atoms with Crippen LogP contribution in [0.4, 0.5) is 4.79 Å². The highest BCUT2D eigenvalue weighted by Gasteiger charge is 2.15. The quantitative estimate of drug-likeness (QED) is 0.489. The molecular weight excluding hydrogens is 455 g/mol. The van der Waals surface area contributed by atoms with E-state index in [1.807, 2.05) is 45.0 Å². The molecule has 0 saturated heterocycles. The Morgan fingerprint density at radius 2 is 1.67 bits per heavy atom. The number of fused-ring (bicyclic) bond motifs is 1. The van der Waals surface area contributed by atoms with Crippen molar-refractivity contribution in [1.82, 2.24) is 5.32 Å². The van der Waals surface area contributed by atoms with Gasteiger partial charge in [-0.3, -0.25) is 0 Å². The van der Waals surface area contributed by atoms with Crippen LogP contribution in [0.2, 0.25) is 0 Å². The molecule has 0 aromatic heterocycles. The molecule has 2 rings (SSSR count). The van der Waals surface area contributed by atoms with E-state index in [4.69, 9.17) is 9.47 Å². The molecule has 0 aliphatic heterocycles. The number of quaternary nitrogens is 1. The Bertz CT molecular complexity index is 764. The topological polar surface area (TPSA) is 47.6 Å². The van der Waals surface area contributed by atoms with Crippen molar-refractivity contribution >= 4 is 16.9 Å². The molecule has 150 valence electrons. The molecule has 0 radical (unpaired) electrons. The smallest absolute Gasteiger partial charge is 0.407 e. The van der Waals surface area contributed by atoms with Gasteiger partial charge < -0.3 is 43.3 Å². The minimum Gasteiger partial charge on any atom is -1.00 e. The monoisotopic (exact) mass is 486 g/mol. The van der Waals surface area contributed by atoms with Crippen LogP contribution in [0.1, 0.15) is 26.3 Å². The summed E-state index contributed by atoms with van der Waals surface area (Å²) in [4.78, 5) is 11.8. The van der Waals surface area contributed by atoms with Gasteiger partial charge in [-0.15, -0.1) is 0 Å². The lowest BCUT2D eigenvalue weighted by Gasteiger charge is -2.23. The van der Waals surface area contributed by atoms with Crippen LogP contribution in [0.25, 0.3) is 10.8 Å². The van der Waals surface area contributed by atoms with Crippen LogP contribution in [0.5, 0.6) is 5.75 Å². The molecule has 1 amide bonds. The number of nitrogens with one attached hydrogen (secondary N) is 1. The maximum atomic E-state index is 11.8. The van der Waals surface area contributed by atoms with Crippen LogP contribution in [0.15, 0.2) is 36.4 Å². The molecule has 0 saturated carbocycles. The van der Waals surface area contributed by atoms with E-state index < -0.39 is 11.7 Å². The molecule has 2 aromatic carbocycles. The first-order valence-corrected chi connectivity index (χ1v) is 8.95. The Kier molecular flexibility index (Phi) is 8.35. The average molecular weight is 486 g/mol. The number of alkyl carbamates (subject to hydrolysis) is 1. The van der Waals surface area contributed by atoms with Gasteiger partial charge in [0.2, 0.25) is 0 Å². The van der Waals surface area contributed by atoms with Crippen LogP contribution < -0.4 is 34.0 Å². The number of hydrogen-bond acceptors (Lipinski definition) is 3. The summed E-state index contributed by atoms with van der Waals surface area (Å²) >= 11 is 0. The van der Waals surface area contributed by atoms with Crippen molar-refractivity contribution in [1.29, 1.82) is 0 Å². The van der Waals surface area contributed by atoms with Crippen molar-refractivity contribution in [3.8, 4) is 5.75 Å². The van der Waals surface area contributed by atoms with Crippen molar-refractivity contribution in [2.45, 2.75) is 32.9 Å². The number of nitrogens with zero attached hydrogens (tertiary/aromatic N) is 1. The van der Waals surface area contributed by atoms with Crippen LogP contribution in [0, 0.1) is 0 Å². The second-order valence-electron chi connectivity index (χ2n) is 8.56. The van der Waals surface area contributed by atoms with E-state index in [1.165, 1.54) is 0 Å². The fourth-order valence-corrected chi connectivity index (χ4v) is 2.40. The second-order valence-corrected chi connectivity index (χ2v) is 8.56. The first kappa shape index (κ1) is 23.5. The first-order chi connectivity index (χ1) is 12.0. The standard InChI is InChI=1S/C21H30N2O3.HI/c1-21(2,3)26-20(24)22-15-16-7-8-18-14-19(10-9-17(18)13-16)25-12-11-23(4,5)6;/h7-10,13-14H,11-12,15H2,1-6H3;1H. The number of carbonyl (C=O) groups is 1. The number of carbonyl (C=O) groups excluding carboxylic acids is 1. The predicted molar refractivity (Wildman–Crippen MR) is 105 cm³/mol. The number of likely N-dealkylation sites (N-methyl/N-ethyl adjacent to an activating group) is 1. The molecule has 0 atom stereocenters. The Labute approximate surface area is 179 Å². The lowest BCUT2D eigenvalue weighted by molar-refractivity contribution is -0.870. The van der Waals surface area contributed by atoms with Crippen molar-refractivity contribution in [2.75, 3.05) is 34.3 Å². The number of hydrogen-bond donors (Lipinski definition) is 1. The highest BCUT2D eigenvalue weighted by molar-refractivity contribution is 5.84. The third-order valence-electron chi connectivity index (χ3n) is 3.74. The predicted octanol–water partition coefficient (Wildman–Crippen LogP) is 0.954. The van der Waals surface area contributed by atoms with Gasteiger partial charge in [0, 0.05) is 6.54 Å². The molecule has 0 heterocycles. The van der Waals surface area contributed by atoms with Gasteiger partial charge in [0.1, 0.15) is 24.5 Å². The molecular formula is C21H31IN2O3. The number of benzene rings is 2. The maximum absolute atomic E-state index is 11.8. The molecule has 0 aliphatic carbocycles. The normalized spacial score (nSPS) is 11.6. The molecule has 0 bridgehead atoms. The third kappa shape index (κ3) is 8.79. The van der Waals surface area contributed by atoms with Gasteiger partial charge >= 0.3 is 6.09 Å². The largest absolute Gasteiger partial charge is 1.00 e. The van der Waals surface area contributed by atoms with E-state index in [2.05, 4.69) is 38.6 Å². The Hall–Kier alpha value is -1.54. The lowest BCUT2D eigenvalue weighted by atomic mass is 10.1. The number of rotatable bonds is 6.